The number of phenols is 2. The van der Waals surface area contributed by atoms with Crippen molar-refractivity contribution in [1.82, 2.24) is 0 Å². The van der Waals surface area contributed by atoms with Crippen LogP contribution in [0.15, 0.2) is 60.7 Å². The number of ether oxygens (including phenoxy) is 2. The topological polar surface area (TPSA) is 174 Å². The highest BCUT2D eigenvalue weighted by molar-refractivity contribution is 7.60. The van der Waals surface area contributed by atoms with Crippen molar-refractivity contribution in [1.29, 1.82) is 0 Å². The number of unbranched alkanes of at least 4 members (excludes halogenated alkanes) is 14. The predicted molar refractivity (Wildman–Crippen MR) is 240 cm³/mol. The molecule has 1 aliphatic rings. The smallest absolute Gasteiger partial charge is 0.356 e. The number of aromatic hydroxyl groups is 2. The first-order valence-corrected chi connectivity index (χ1v) is 25.3. The van der Waals surface area contributed by atoms with Gasteiger partial charge < -0.3 is 39.3 Å². The molecule has 328 valence electrons. The molecular weight excluding hydrogens is 798 g/mol. The normalized spacial score (nSPS) is 13.0. The van der Waals surface area contributed by atoms with Crippen LogP contribution < -0.4 is 20.1 Å². The second kappa shape index (κ2) is 23.0. The molecule has 8 bridgehead atoms. The second-order valence-electron chi connectivity index (χ2n) is 16.5. The Hall–Kier alpha value is -3.62. The van der Waals surface area contributed by atoms with E-state index >= 15 is 0 Å². The fourth-order valence-electron chi connectivity index (χ4n) is 8.20. The highest BCUT2D eigenvalue weighted by Crippen LogP contribution is 2.42. The van der Waals surface area contributed by atoms with Crippen LogP contribution in [0.1, 0.15) is 161 Å². The van der Waals surface area contributed by atoms with Gasteiger partial charge in [0.15, 0.2) is 0 Å². The van der Waals surface area contributed by atoms with Crippen LogP contribution in [0.3, 0.4) is 0 Å². The van der Waals surface area contributed by atoms with Crippen LogP contribution in [0, 0.1) is 0 Å². The summed E-state index contributed by atoms with van der Waals surface area (Å²) in [5, 5.41) is 23.4. The summed E-state index contributed by atoms with van der Waals surface area (Å²) in [6.07, 6.45) is 18.1. The van der Waals surface area contributed by atoms with Crippen molar-refractivity contribution in [2.45, 2.75) is 142 Å². The van der Waals surface area contributed by atoms with Crippen LogP contribution >= 0.6 is 15.2 Å². The average molecular weight is 865 g/mol. The van der Waals surface area contributed by atoms with Gasteiger partial charge in [0.1, 0.15) is 23.0 Å². The minimum atomic E-state index is -4.75. The van der Waals surface area contributed by atoms with Crippen LogP contribution in [-0.4, -0.2) is 43.0 Å². The molecule has 0 saturated carbocycles. The molecule has 0 fully saturated rings. The van der Waals surface area contributed by atoms with Gasteiger partial charge in [-0.25, -0.2) is 0 Å². The van der Waals surface area contributed by atoms with E-state index < -0.39 is 15.2 Å². The highest BCUT2D eigenvalue weighted by atomic mass is 31.2. The summed E-state index contributed by atoms with van der Waals surface area (Å²) in [5.41, 5.74) is 3.90. The Kier molecular flexibility index (Phi) is 18.2. The van der Waals surface area contributed by atoms with E-state index in [0.717, 1.165) is 51.4 Å². The maximum atomic E-state index is 12.8. The van der Waals surface area contributed by atoms with Gasteiger partial charge in [0.25, 0.3) is 0 Å². The van der Waals surface area contributed by atoms with Crippen LogP contribution in [0.25, 0.3) is 0 Å². The first kappa shape index (κ1) is 47.4. The quantitative estimate of drug-likeness (QED) is 0.0290. The molecule has 0 radical (unpaired) electrons. The Morgan fingerprint density at radius 3 is 0.967 bits per heavy atom. The fraction of sp³-hybridized carbons (Fsp3) is 0.500. The van der Waals surface area contributed by atoms with Crippen molar-refractivity contribution in [3.63, 3.8) is 0 Å². The van der Waals surface area contributed by atoms with Crippen molar-refractivity contribution in [2.24, 2.45) is 0 Å². The molecule has 0 spiro atoms. The minimum absolute atomic E-state index is 0.0766. The van der Waals surface area contributed by atoms with Crippen LogP contribution in [0.5, 0.6) is 23.0 Å². The molecule has 4 aromatic rings. The lowest BCUT2D eigenvalue weighted by molar-refractivity contribution is 0.299. The zero-order valence-electron chi connectivity index (χ0n) is 35.5. The van der Waals surface area contributed by atoms with Crippen LogP contribution in [0.2, 0.25) is 0 Å². The summed E-state index contributed by atoms with van der Waals surface area (Å²) in [6, 6.07) is 16.4. The molecular formula is C48H66O10P2. The third kappa shape index (κ3) is 13.7. The summed E-state index contributed by atoms with van der Waals surface area (Å²) >= 11 is 0. The SMILES string of the molecule is CCCCCCCCCCOc1c2cccc1Cc1cc(P(=O)(O)O)cc(c1O)Cc1cccc(c1OCCCCCCCCCC)Cc1cc(P(=O)(O)O)cc(c1O)C2. The van der Waals surface area contributed by atoms with E-state index in [9.17, 15) is 38.9 Å². The van der Waals surface area contributed by atoms with Crippen molar-refractivity contribution < 1.29 is 48.4 Å². The van der Waals surface area contributed by atoms with Crippen molar-refractivity contribution in [3.8, 4) is 23.0 Å². The van der Waals surface area contributed by atoms with Crippen molar-refractivity contribution >= 4 is 25.8 Å². The van der Waals surface area contributed by atoms with Crippen molar-refractivity contribution in [3.05, 3.63) is 105 Å². The molecule has 5 rings (SSSR count). The molecule has 10 nitrogen and oxygen atoms in total. The summed E-state index contributed by atoms with van der Waals surface area (Å²) in [4.78, 5) is 41.8. The van der Waals surface area contributed by atoms with Gasteiger partial charge >= 0.3 is 15.2 Å². The number of fused-ring (bicyclic) bond motifs is 8. The molecule has 12 heteroatoms. The Balaban J connectivity index is 1.57. The molecule has 60 heavy (non-hydrogen) atoms. The maximum absolute atomic E-state index is 12.8. The zero-order chi connectivity index (χ0) is 43.1. The maximum Gasteiger partial charge on any atom is 0.356 e. The third-order valence-electron chi connectivity index (χ3n) is 11.5. The van der Waals surface area contributed by atoms with Gasteiger partial charge in [-0.2, -0.15) is 0 Å². The summed E-state index contributed by atoms with van der Waals surface area (Å²) < 4.78 is 38.7. The van der Waals surface area contributed by atoms with Gasteiger partial charge in [0.2, 0.25) is 0 Å². The monoisotopic (exact) mass is 864 g/mol. The van der Waals surface area contributed by atoms with E-state index in [0.29, 0.717) is 69.2 Å². The first-order valence-electron chi connectivity index (χ1n) is 22.1. The molecule has 0 saturated heterocycles. The van der Waals surface area contributed by atoms with Gasteiger partial charge in [-0.1, -0.05) is 140 Å². The molecule has 0 atom stereocenters. The van der Waals surface area contributed by atoms with Gasteiger partial charge in [0.05, 0.1) is 23.8 Å². The van der Waals surface area contributed by atoms with Crippen LogP contribution in [0.4, 0.5) is 0 Å². The number of hydrogen-bond donors (Lipinski definition) is 6. The fourth-order valence-corrected chi connectivity index (χ4v) is 9.50. The number of phenolic OH excluding ortho intramolecular Hbond substituents is 2. The van der Waals surface area contributed by atoms with Gasteiger partial charge in [-0.15, -0.1) is 0 Å². The first-order chi connectivity index (χ1) is 28.8. The summed E-state index contributed by atoms with van der Waals surface area (Å²) in [7, 11) is -9.50. The molecule has 1 aliphatic carbocycles. The van der Waals surface area contributed by atoms with E-state index in [1.807, 2.05) is 36.4 Å². The number of para-hydroxylation sites is 2. The largest absolute Gasteiger partial charge is 0.507 e. The number of rotatable bonds is 22. The summed E-state index contributed by atoms with van der Waals surface area (Å²) in [5.74, 6) is 0.846. The predicted octanol–water partition coefficient (Wildman–Crippen LogP) is 10.4. The Morgan fingerprint density at radius 2 is 0.700 bits per heavy atom. The molecule has 4 aromatic carbocycles. The van der Waals surface area contributed by atoms with Gasteiger partial charge in [-0.05, 0) is 81.6 Å². The zero-order valence-corrected chi connectivity index (χ0v) is 37.3. The van der Waals surface area contributed by atoms with E-state index in [1.165, 1.54) is 75.6 Å². The lowest BCUT2D eigenvalue weighted by atomic mass is 9.91. The second-order valence-corrected chi connectivity index (χ2v) is 19.7. The van der Waals surface area contributed by atoms with E-state index in [1.54, 1.807) is 0 Å². The van der Waals surface area contributed by atoms with Gasteiger partial charge in [0, 0.05) is 25.7 Å². The van der Waals surface area contributed by atoms with E-state index in [2.05, 4.69) is 13.8 Å². The van der Waals surface area contributed by atoms with Gasteiger partial charge in [-0.3, -0.25) is 9.13 Å². The highest BCUT2D eigenvalue weighted by Gasteiger charge is 2.27. The minimum Gasteiger partial charge on any atom is -0.507 e. The molecule has 0 unspecified atom stereocenters. The van der Waals surface area contributed by atoms with E-state index in [4.69, 9.17) is 9.47 Å². The number of hydrogen-bond acceptors (Lipinski definition) is 6. The Labute approximate surface area is 356 Å². The summed E-state index contributed by atoms with van der Waals surface area (Å²) in [6.45, 7) is 5.20. The van der Waals surface area contributed by atoms with Crippen LogP contribution in [-0.2, 0) is 34.8 Å². The van der Waals surface area contributed by atoms with Crippen molar-refractivity contribution in [2.75, 3.05) is 13.2 Å². The number of benzene rings is 4. The molecule has 6 N–H and O–H groups in total. The molecule has 0 aliphatic heterocycles. The Bertz CT molecular complexity index is 1860. The lowest BCUT2D eigenvalue weighted by Gasteiger charge is -2.22. The standard InChI is InChI=1S/C48H66O10P2/c1-3-5-7-9-11-13-15-17-25-57-47-35-21-19-22-36(47)28-40-32-44(60(54,55)56)34-42(46(40)50)30-38-24-20-23-37(48(38)58-26-18-16-14-12-10-8-6-4-2)29-41-33-43(59(51,52)53)31-39(27-35)45(41)49/h19-24,31-34,49-50H,3-18,25-30H2,1-2H3,(H2,51,52,53)(H2,54,55,56). The molecule has 0 amide bonds. The molecule has 0 aromatic heterocycles. The van der Waals surface area contributed by atoms with E-state index in [-0.39, 0.29) is 47.8 Å². The third-order valence-corrected chi connectivity index (χ3v) is 13.4. The molecule has 0 heterocycles. The lowest BCUT2D eigenvalue weighted by Crippen LogP contribution is -2.12. The Morgan fingerprint density at radius 1 is 0.433 bits per heavy atom. The average Bonchev–Trinajstić information content (AvgIpc) is 3.19.